The number of hydrogen-bond donors (Lipinski definition) is 2. The molecular weight excluding hydrogens is 256 g/mol. The Labute approximate surface area is 119 Å². The molecular formula is C14H24N4S. The molecule has 0 radical (unpaired) electrons. The molecule has 1 heterocycles. The van der Waals surface area contributed by atoms with Crippen LogP contribution in [-0.4, -0.2) is 23.5 Å². The van der Waals surface area contributed by atoms with Crippen molar-refractivity contribution >= 4 is 17.3 Å². The zero-order valence-electron chi connectivity index (χ0n) is 11.9. The summed E-state index contributed by atoms with van der Waals surface area (Å²) in [6, 6.07) is 0.385. The van der Waals surface area contributed by atoms with Crippen LogP contribution in [-0.2, 0) is 19.3 Å². The van der Waals surface area contributed by atoms with E-state index in [-0.39, 0.29) is 0 Å². The number of rotatable bonds is 5. The van der Waals surface area contributed by atoms with E-state index in [0.29, 0.717) is 12.0 Å². The number of aryl methyl sites for hydroxylation is 2. The molecule has 0 saturated carbocycles. The van der Waals surface area contributed by atoms with Crippen molar-refractivity contribution in [3.63, 3.8) is 0 Å². The molecule has 19 heavy (non-hydrogen) atoms. The number of nitrogens with two attached hydrogens (primary N) is 1. The van der Waals surface area contributed by atoms with Gasteiger partial charge in [-0.05, 0) is 39.0 Å². The predicted octanol–water partition coefficient (Wildman–Crippen LogP) is 2.27. The van der Waals surface area contributed by atoms with Crippen LogP contribution in [0.4, 0.5) is 0 Å². The van der Waals surface area contributed by atoms with E-state index >= 15 is 0 Å². The second-order valence-corrected chi connectivity index (χ2v) is 6.32. The van der Waals surface area contributed by atoms with E-state index in [9.17, 15) is 0 Å². The zero-order chi connectivity index (χ0) is 13.7. The Morgan fingerprint density at radius 1 is 1.47 bits per heavy atom. The van der Waals surface area contributed by atoms with Gasteiger partial charge in [0.05, 0.1) is 10.7 Å². The van der Waals surface area contributed by atoms with E-state index in [1.807, 2.05) is 11.3 Å². The monoisotopic (exact) mass is 280 g/mol. The molecule has 0 aliphatic heterocycles. The molecule has 1 aromatic heterocycles. The topological polar surface area (TPSA) is 63.3 Å². The highest BCUT2D eigenvalue weighted by molar-refractivity contribution is 7.11. The molecule has 1 aromatic rings. The van der Waals surface area contributed by atoms with Crippen molar-refractivity contribution in [1.82, 2.24) is 10.3 Å². The van der Waals surface area contributed by atoms with Gasteiger partial charge in [0.2, 0.25) is 0 Å². The lowest BCUT2D eigenvalue weighted by Crippen LogP contribution is -2.38. The molecule has 5 heteroatoms. The number of fused-ring (bicyclic) bond motifs is 1. The quantitative estimate of drug-likeness (QED) is 0.642. The minimum Gasteiger partial charge on any atom is -0.370 e. The molecule has 1 aliphatic rings. The lowest BCUT2D eigenvalue weighted by molar-refractivity contribution is 0.636. The Hall–Kier alpha value is -1.10. The van der Waals surface area contributed by atoms with Crippen LogP contribution in [0.1, 0.15) is 48.7 Å². The van der Waals surface area contributed by atoms with Gasteiger partial charge in [-0.1, -0.05) is 6.92 Å². The summed E-state index contributed by atoms with van der Waals surface area (Å²) in [6.45, 7) is 4.96. The third-order valence-electron chi connectivity index (χ3n) is 3.50. The zero-order valence-corrected chi connectivity index (χ0v) is 12.7. The first kappa shape index (κ1) is 14.3. The van der Waals surface area contributed by atoms with Gasteiger partial charge in [-0.2, -0.15) is 0 Å². The summed E-state index contributed by atoms with van der Waals surface area (Å²) in [7, 11) is 0. The third kappa shape index (κ3) is 4.20. The molecule has 0 amide bonds. The van der Waals surface area contributed by atoms with Crippen LogP contribution in [0.15, 0.2) is 4.99 Å². The fourth-order valence-corrected chi connectivity index (χ4v) is 3.33. The van der Waals surface area contributed by atoms with Crippen molar-refractivity contribution in [2.24, 2.45) is 10.7 Å². The maximum absolute atomic E-state index is 5.83. The maximum atomic E-state index is 5.83. The molecule has 106 valence electrons. The average Bonchev–Trinajstić information content (AvgIpc) is 2.81. The van der Waals surface area contributed by atoms with Crippen LogP contribution >= 0.6 is 11.3 Å². The van der Waals surface area contributed by atoms with Crippen LogP contribution in [0.5, 0.6) is 0 Å². The Bertz CT molecular complexity index is 415. The van der Waals surface area contributed by atoms with E-state index in [0.717, 1.165) is 25.8 Å². The molecule has 1 atom stereocenters. The van der Waals surface area contributed by atoms with Crippen molar-refractivity contribution < 1.29 is 0 Å². The van der Waals surface area contributed by atoms with E-state index in [1.165, 1.54) is 34.8 Å². The van der Waals surface area contributed by atoms with Gasteiger partial charge in [-0.3, -0.25) is 4.99 Å². The highest BCUT2D eigenvalue weighted by Crippen LogP contribution is 2.26. The summed E-state index contributed by atoms with van der Waals surface area (Å²) in [4.78, 5) is 10.6. The number of nitrogens with zero attached hydrogens (tertiary/aromatic N) is 2. The Morgan fingerprint density at radius 3 is 3.00 bits per heavy atom. The fraction of sp³-hybridized carbons (Fsp3) is 0.714. The van der Waals surface area contributed by atoms with Crippen LogP contribution < -0.4 is 11.1 Å². The number of hydrogen-bond acceptors (Lipinski definition) is 3. The second-order valence-electron chi connectivity index (χ2n) is 5.16. The molecule has 0 saturated heterocycles. The van der Waals surface area contributed by atoms with E-state index in [4.69, 9.17) is 10.7 Å². The Morgan fingerprint density at radius 2 is 2.26 bits per heavy atom. The summed E-state index contributed by atoms with van der Waals surface area (Å²) in [5, 5.41) is 4.39. The third-order valence-corrected chi connectivity index (χ3v) is 4.72. The van der Waals surface area contributed by atoms with Crippen molar-refractivity contribution in [3.8, 4) is 0 Å². The van der Waals surface area contributed by atoms with Gasteiger partial charge in [-0.25, -0.2) is 4.98 Å². The van der Waals surface area contributed by atoms with Crippen molar-refractivity contribution in [1.29, 1.82) is 0 Å². The second kappa shape index (κ2) is 6.89. The molecule has 1 unspecified atom stereocenters. The normalized spacial score (nSPS) is 17.1. The van der Waals surface area contributed by atoms with Gasteiger partial charge in [0, 0.05) is 23.9 Å². The lowest BCUT2D eigenvalue weighted by atomic mass is 10.0. The number of guanidine groups is 1. The van der Waals surface area contributed by atoms with Crippen LogP contribution in [0.3, 0.4) is 0 Å². The number of thiazole rings is 1. The van der Waals surface area contributed by atoms with Gasteiger partial charge in [-0.15, -0.1) is 11.3 Å². The van der Waals surface area contributed by atoms with E-state index < -0.39 is 0 Å². The van der Waals surface area contributed by atoms with Gasteiger partial charge >= 0.3 is 0 Å². The average molecular weight is 280 g/mol. The first-order valence-corrected chi connectivity index (χ1v) is 8.04. The summed E-state index contributed by atoms with van der Waals surface area (Å²) in [6.07, 6.45) is 6.94. The molecule has 4 nitrogen and oxygen atoms in total. The van der Waals surface area contributed by atoms with E-state index in [2.05, 4.69) is 24.2 Å². The summed E-state index contributed by atoms with van der Waals surface area (Å²) in [5.74, 6) is 0.552. The lowest BCUT2D eigenvalue weighted by Gasteiger charge is -2.11. The number of aromatic nitrogens is 1. The maximum Gasteiger partial charge on any atom is 0.188 e. The standard InChI is InChI=1S/C14H24N4S/c1-3-10(2)17-14(15)16-9-8-13-18-11-6-4-5-7-12(11)19-13/h10H,3-9H2,1-2H3,(H3,15,16,17). The van der Waals surface area contributed by atoms with Crippen molar-refractivity contribution in [2.45, 2.75) is 58.4 Å². The van der Waals surface area contributed by atoms with Crippen LogP contribution in [0, 0.1) is 0 Å². The van der Waals surface area contributed by atoms with Gasteiger partial charge in [0.15, 0.2) is 5.96 Å². The number of aliphatic imine (C=N–C) groups is 1. The molecule has 0 fully saturated rings. The molecule has 3 N–H and O–H groups in total. The Kier molecular flexibility index (Phi) is 5.19. The Balaban J connectivity index is 1.82. The van der Waals surface area contributed by atoms with Crippen molar-refractivity contribution in [3.05, 3.63) is 15.6 Å². The molecule has 0 aromatic carbocycles. The predicted molar refractivity (Wildman–Crippen MR) is 81.8 cm³/mol. The highest BCUT2D eigenvalue weighted by atomic mass is 32.1. The van der Waals surface area contributed by atoms with Crippen LogP contribution in [0.25, 0.3) is 0 Å². The minimum atomic E-state index is 0.385. The fourth-order valence-electron chi connectivity index (χ4n) is 2.18. The smallest absolute Gasteiger partial charge is 0.188 e. The van der Waals surface area contributed by atoms with E-state index in [1.54, 1.807) is 0 Å². The van der Waals surface area contributed by atoms with Gasteiger partial charge < -0.3 is 11.1 Å². The first-order chi connectivity index (χ1) is 9.19. The number of nitrogens with one attached hydrogen (secondary N) is 1. The molecule has 0 spiro atoms. The highest BCUT2D eigenvalue weighted by Gasteiger charge is 2.14. The van der Waals surface area contributed by atoms with Crippen molar-refractivity contribution in [2.75, 3.05) is 6.54 Å². The largest absolute Gasteiger partial charge is 0.370 e. The molecule has 2 rings (SSSR count). The minimum absolute atomic E-state index is 0.385. The molecule has 1 aliphatic carbocycles. The van der Waals surface area contributed by atoms with Gasteiger partial charge in [0.25, 0.3) is 0 Å². The van der Waals surface area contributed by atoms with Gasteiger partial charge in [0.1, 0.15) is 0 Å². The summed E-state index contributed by atoms with van der Waals surface area (Å²) >= 11 is 1.86. The summed E-state index contributed by atoms with van der Waals surface area (Å²) in [5.41, 5.74) is 7.17. The molecule has 0 bridgehead atoms. The van der Waals surface area contributed by atoms with Crippen LogP contribution in [0.2, 0.25) is 0 Å². The SMILES string of the molecule is CCC(C)NC(N)=NCCc1nc2c(s1)CCCC2. The summed E-state index contributed by atoms with van der Waals surface area (Å²) < 4.78 is 0. The first-order valence-electron chi connectivity index (χ1n) is 7.23.